The number of piperidine rings is 1. The molecule has 0 spiro atoms. The molecule has 1 fully saturated rings. The highest BCUT2D eigenvalue weighted by atomic mass is 35.5. The summed E-state index contributed by atoms with van der Waals surface area (Å²) in [5, 5.41) is 1.39. The molecule has 5 heteroatoms. The predicted octanol–water partition coefficient (Wildman–Crippen LogP) is 4.77. The Morgan fingerprint density at radius 3 is 2.77 bits per heavy atom. The van der Waals surface area contributed by atoms with Gasteiger partial charge in [-0.1, -0.05) is 41.4 Å². The summed E-state index contributed by atoms with van der Waals surface area (Å²) in [4.78, 5) is 2.47. The van der Waals surface area contributed by atoms with E-state index in [0.29, 0.717) is 5.02 Å². The molecule has 3 nitrogen and oxygen atoms in total. The first-order valence-electron chi connectivity index (χ1n) is 9.22. The number of likely N-dealkylation sites (tertiary alicyclic amines) is 1. The molecule has 0 aromatic heterocycles. The Morgan fingerprint density at radius 2 is 2.00 bits per heavy atom. The minimum absolute atomic E-state index is 0.0902. The average Bonchev–Trinajstić information content (AvgIpc) is 2.96. The maximum atomic E-state index is 6.54. The normalized spacial score (nSPS) is 25.9. The molecule has 1 aliphatic heterocycles. The lowest BCUT2D eigenvalue weighted by Gasteiger charge is -2.38. The van der Waals surface area contributed by atoms with Gasteiger partial charge >= 0.3 is 0 Å². The van der Waals surface area contributed by atoms with E-state index in [-0.39, 0.29) is 18.2 Å². The van der Waals surface area contributed by atoms with Gasteiger partial charge in [0.05, 0.1) is 6.04 Å². The zero-order chi connectivity index (χ0) is 18.3. The SMILES string of the molecule is Cc1ccccc1O[C@H]1c2cc(Cl)cc(Cl)c2C[C@@H]1N1CCC[C@@H](N)C1. The summed E-state index contributed by atoms with van der Waals surface area (Å²) in [6, 6.07) is 12.4. The van der Waals surface area contributed by atoms with Crippen LogP contribution in [0.2, 0.25) is 10.0 Å². The number of rotatable bonds is 3. The van der Waals surface area contributed by atoms with Crippen LogP contribution in [0.1, 0.15) is 35.6 Å². The molecular formula is C21H24Cl2N2O. The minimum Gasteiger partial charge on any atom is -0.484 e. The molecule has 2 aromatic rings. The van der Waals surface area contributed by atoms with Crippen LogP contribution in [-0.4, -0.2) is 30.1 Å². The van der Waals surface area contributed by atoms with Crippen LogP contribution in [0.5, 0.6) is 5.75 Å². The van der Waals surface area contributed by atoms with Crippen LogP contribution < -0.4 is 10.5 Å². The van der Waals surface area contributed by atoms with Crippen molar-refractivity contribution < 1.29 is 4.74 Å². The number of ether oxygens (including phenoxy) is 1. The topological polar surface area (TPSA) is 38.5 Å². The van der Waals surface area contributed by atoms with Gasteiger partial charge in [0.2, 0.25) is 0 Å². The number of aryl methyl sites for hydroxylation is 1. The fraction of sp³-hybridized carbons (Fsp3) is 0.429. The first-order valence-corrected chi connectivity index (χ1v) is 9.98. The zero-order valence-electron chi connectivity index (χ0n) is 14.9. The van der Waals surface area contributed by atoms with Crippen molar-refractivity contribution in [1.29, 1.82) is 0 Å². The highest BCUT2D eigenvalue weighted by Crippen LogP contribution is 2.43. The van der Waals surface area contributed by atoms with Crippen molar-refractivity contribution in [2.24, 2.45) is 5.73 Å². The molecule has 2 aliphatic rings. The van der Waals surface area contributed by atoms with Crippen molar-refractivity contribution in [1.82, 2.24) is 4.90 Å². The number of benzene rings is 2. The maximum Gasteiger partial charge on any atom is 0.140 e. The van der Waals surface area contributed by atoms with Gasteiger partial charge in [0.25, 0.3) is 0 Å². The fourth-order valence-electron chi connectivity index (χ4n) is 4.25. The molecule has 0 radical (unpaired) electrons. The van der Waals surface area contributed by atoms with Gasteiger partial charge in [0.15, 0.2) is 0 Å². The molecule has 0 amide bonds. The predicted molar refractivity (Wildman–Crippen MR) is 107 cm³/mol. The molecule has 3 atom stereocenters. The molecule has 1 heterocycles. The van der Waals surface area contributed by atoms with Gasteiger partial charge in [-0.15, -0.1) is 0 Å². The Bertz CT molecular complexity index is 811. The Morgan fingerprint density at radius 1 is 1.19 bits per heavy atom. The van der Waals surface area contributed by atoms with Crippen LogP contribution in [0.4, 0.5) is 0 Å². The Labute approximate surface area is 165 Å². The summed E-state index contributed by atoms with van der Waals surface area (Å²) in [6.45, 7) is 4.02. The summed E-state index contributed by atoms with van der Waals surface area (Å²) >= 11 is 12.8. The third-order valence-electron chi connectivity index (χ3n) is 5.57. The van der Waals surface area contributed by atoms with Crippen LogP contribution in [0.25, 0.3) is 0 Å². The van der Waals surface area contributed by atoms with Crippen molar-refractivity contribution in [2.45, 2.75) is 44.4 Å². The Balaban J connectivity index is 1.71. The van der Waals surface area contributed by atoms with E-state index in [1.54, 1.807) is 0 Å². The van der Waals surface area contributed by atoms with Gasteiger partial charge in [-0.2, -0.15) is 0 Å². The molecule has 0 unspecified atom stereocenters. The van der Waals surface area contributed by atoms with E-state index in [1.807, 2.05) is 30.3 Å². The van der Waals surface area contributed by atoms with E-state index in [0.717, 1.165) is 59.8 Å². The average molecular weight is 391 g/mol. The van der Waals surface area contributed by atoms with Gasteiger partial charge in [0.1, 0.15) is 11.9 Å². The largest absolute Gasteiger partial charge is 0.484 e. The fourth-order valence-corrected chi connectivity index (χ4v) is 4.83. The third-order valence-corrected chi connectivity index (χ3v) is 6.13. The van der Waals surface area contributed by atoms with Crippen molar-refractivity contribution in [2.75, 3.05) is 13.1 Å². The van der Waals surface area contributed by atoms with E-state index < -0.39 is 0 Å². The molecule has 26 heavy (non-hydrogen) atoms. The van der Waals surface area contributed by atoms with E-state index >= 15 is 0 Å². The van der Waals surface area contributed by atoms with Gasteiger partial charge in [-0.3, -0.25) is 4.90 Å². The monoisotopic (exact) mass is 390 g/mol. The second kappa shape index (κ2) is 7.40. The number of nitrogens with zero attached hydrogens (tertiary/aromatic N) is 1. The lowest BCUT2D eigenvalue weighted by molar-refractivity contribution is 0.0589. The van der Waals surface area contributed by atoms with Crippen LogP contribution in [0.15, 0.2) is 36.4 Å². The zero-order valence-corrected chi connectivity index (χ0v) is 16.4. The Kier molecular flexibility index (Phi) is 5.15. The molecule has 2 aromatic carbocycles. The quantitative estimate of drug-likeness (QED) is 0.819. The molecule has 4 rings (SSSR count). The smallest absolute Gasteiger partial charge is 0.140 e. The maximum absolute atomic E-state index is 6.54. The molecule has 0 bridgehead atoms. The molecule has 0 saturated carbocycles. The van der Waals surface area contributed by atoms with Crippen molar-refractivity contribution >= 4 is 23.2 Å². The second-order valence-electron chi connectivity index (χ2n) is 7.43. The number of nitrogens with two attached hydrogens (primary N) is 1. The van der Waals surface area contributed by atoms with E-state index in [2.05, 4.69) is 17.9 Å². The van der Waals surface area contributed by atoms with Crippen molar-refractivity contribution in [3.8, 4) is 5.75 Å². The summed E-state index contributed by atoms with van der Waals surface area (Å²) in [5.74, 6) is 0.910. The molecule has 1 aliphatic carbocycles. The number of hydrogen-bond donors (Lipinski definition) is 1. The van der Waals surface area contributed by atoms with Gasteiger partial charge < -0.3 is 10.5 Å². The standard InChI is InChI=1S/C21H24Cl2N2O/c1-13-5-2-3-7-20(13)26-21-17-9-14(22)10-18(23)16(17)11-19(21)25-8-4-6-15(24)12-25/h2-3,5,7,9-10,15,19,21H,4,6,8,11-12,24H2,1H3/t15-,19+,21+/m1/s1. The second-order valence-corrected chi connectivity index (χ2v) is 8.27. The van der Waals surface area contributed by atoms with Gasteiger partial charge in [-0.25, -0.2) is 0 Å². The summed E-state index contributed by atoms with van der Waals surface area (Å²) in [7, 11) is 0. The van der Waals surface area contributed by atoms with E-state index in [1.165, 1.54) is 0 Å². The highest BCUT2D eigenvalue weighted by Gasteiger charge is 2.40. The minimum atomic E-state index is -0.0902. The summed E-state index contributed by atoms with van der Waals surface area (Å²) in [6.07, 6.45) is 2.99. The lowest BCUT2D eigenvalue weighted by Crippen LogP contribution is -2.49. The lowest BCUT2D eigenvalue weighted by atomic mass is 10.0. The number of para-hydroxylation sites is 1. The molecule has 1 saturated heterocycles. The highest BCUT2D eigenvalue weighted by molar-refractivity contribution is 6.35. The first-order chi connectivity index (χ1) is 12.5. The van der Waals surface area contributed by atoms with Crippen molar-refractivity contribution in [3.63, 3.8) is 0 Å². The first kappa shape index (κ1) is 18.1. The van der Waals surface area contributed by atoms with Crippen LogP contribution in [-0.2, 0) is 6.42 Å². The molecule has 138 valence electrons. The molecule has 2 N–H and O–H groups in total. The molecular weight excluding hydrogens is 367 g/mol. The van der Waals surface area contributed by atoms with Gasteiger partial charge in [-0.05, 0) is 62.1 Å². The number of halogens is 2. The van der Waals surface area contributed by atoms with Gasteiger partial charge in [0, 0.05) is 28.2 Å². The van der Waals surface area contributed by atoms with Crippen LogP contribution >= 0.6 is 23.2 Å². The van der Waals surface area contributed by atoms with Crippen LogP contribution in [0, 0.1) is 6.92 Å². The number of fused-ring (bicyclic) bond motifs is 1. The summed E-state index contributed by atoms with van der Waals surface area (Å²) < 4.78 is 6.54. The summed E-state index contributed by atoms with van der Waals surface area (Å²) in [5.41, 5.74) is 9.63. The van der Waals surface area contributed by atoms with Crippen LogP contribution in [0.3, 0.4) is 0 Å². The van der Waals surface area contributed by atoms with E-state index in [9.17, 15) is 0 Å². The van der Waals surface area contributed by atoms with Crippen molar-refractivity contribution in [3.05, 3.63) is 63.1 Å². The third kappa shape index (κ3) is 3.46. The van der Waals surface area contributed by atoms with E-state index in [4.69, 9.17) is 33.7 Å². The number of hydrogen-bond acceptors (Lipinski definition) is 3. The Hall–Kier alpha value is -1.26.